The lowest BCUT2D eigenvalue weighted by Gasteiger charge is -2.41. The highest BCUT2D eigenvalue weighted by Crippen LogP contribution is 2.53. The Morgan fingerprint density at radius 3 is 1.64 bits per heavy atom. The summed E-state index contributed by atoms with van der Waals surface area (Å²) in [5.74, 6) is 0.923. The molecule has 1 aliphatic rings. The van der Waals surface area contributed by atoms with E-state index in [1.54, 1.807) is 36.4 Å². The van der Waals surface area contributed by atoms with Crippen LogP contribution in [0.3, 0.4) is 0 Å². The van der Waals surface area contributed by atoms with Crippen LogP contribution in [-0.2, 0) is 15.0 Å². The third kappa shape index (κ3) is 4.18. The third-order valence-electron chi connectivity index (χ3n) is 5.91. The van der Waals surface area contributed by atoms with Crippen molar-refractivity contribution in [3.63, 3.8) is 0 Å². The van der Waals surface area contributed by atoms with E-state index in [-0.39, 0.29) is 0 Å². The van der Waals surface area contributed by atoms with Crippen LogP contribution >= 0.6 is 0 Å². The number of esters is 2. The molecule has 0 saturated carbocycles. The lowest BCUT2D eigenvalue weighted by Crippen LogP contribution is -2.35. The molecule has 178 valence electrons. The molecule has 5 nitrogen and oxygen atoms in total. The Labute approximate surface area is 209 Å². The van der Waals surface area contributed by atoms with Gasteiger partial charge in [-0.15, -0.1) is 0 Å². The maximum Gasteiger partial charge on any atom is 0.335 e. The minimum atomic E-state index is -0.859. The summed E-state index contributed by atoms with van der Waals surface area (Å²) >= 11 is 0. The van der Waals surface area contributed by atoms with Crippen molar-refractivity contribution in [1.29, 1.82) is 0 Å². The van der Waals surface area contributed by atoms with Crippen LogP contribution in [0.4, 0.5) is 0 Å². The molecule has 36 heavy (non-hydrogen) atoms. The van der Waals surface area contributed by atoms with E-state index in [9.17, 15) is 9.59 Å². The number of fused-ring (bicyclic) bond motifs is 1. The molecule has 0 aliphatic carbocycles. The van der Waals surface area contributed by atoms with E-state index < -0.39 is 17.4 Å². The summed E-state index contributed by atoms with van der Waals surface area (Å²) in [7, 11) is 0. The second-order valence-electron chi connectivity index (χ2n) is 7.83. The van der Waals surface area contributed by atoms with E-state index in [0.717, 1.165) is 34.4 Å². The lowest BCUT2D eigenvalue weighted by molar-refractivity contribution is -0.129. The van der Waals surface area contributed by atoms with Gasteiger partial charge in [-0.3, -0.25) is 0 Å². The molecule has 0 bridgehead atoms. The molecule has 1 heterocycles. The molecule has 0 N–H and O–H groups in total. The summed E-state index contributed by atoms with van der Waals surface area (Å²) in [6, 6.07) is 22.2. The summed E-state index contributed by atoms with van der Waals surface area (Å²) in [5, 5.41) is 0. The van der Waals surface area contributed by atoms with E-state index >= 15 is 0 Å². The Kier molecular flexibility index (Phi) is 6.84. The fourth-order valence-electron chi connectivity index (χ4n) is 4.42. The quantitative estimate of drug-likeness (QED) is 0.219. The molecule has 0 spiro atoms. The van der Waals surface area contributed by atoms with Crippen LogP contribution in [-0.4, -0.2) is 11.9 Å². The van der Waals surface area contributed by atoms with Gasteiger partial charge in [0.15, 0.2) is 0 Å². The number of para-hydroxylation sites is 1. The molecule has 1 aliphatic heterocycles. The Morgan fingerprint density at radius 1 is 0.694 bits per heavy atom. The van der Waals surface area contributed by atoms with Crippen LogP contribution in [0.15, 0.2) is 135 Å². The zero-order valence-electron chi connectivity index (χ0n) is 19.6. The Hall–Kier alpha value is -4.90. The molecular formula is C31H24O5. The topological polar surface area (TPSA) is 61.8 Å². The lowest BCUT2D eigenvalue weighted by atomic mass is 9.63. The van der Waals surface area contributed by atoms with Crippen molar-refractivity contribution >= 4 is 11.9 Å². The molecule has 0 atom stereocenters. The molecule has 0 unspecified atom stereocenters. The first-order valence-corrected chi connectivity index (χ1v) is 11.1. The molecule has 3 aromatic carbocycles. The minimum Gasteiger partial charge on any atom is -0.457 e. The molecular weight excluding hydrogens is 452 g/mol. The van der Waals surface area contributed by atoms with E-state index in [2.05, 4.69) is 26.3 Å². The highest BCUT2D eigenvalue weighted by atomic mass is 16.5. The monoisotopic (exact) mass is 476 g/mol. The number of rotatable bonds is 8. The summed E-state index contributed by atoms with van der Waals surface area (Å²) in [6.07, 6.45) is 5.63. The van der Waals surface area contributed by atoms with E-state index in [1.165, 1.54) is 0 Å². The van der Waals surface area contributed by atoms with Gasteiger partial charge in [0.2, 0.25) is 0 Å². The predicted molar refractivity (Wildman–Crippen MR) is 139 cm³/mol. The molecule has 0 aromatic heterocycles. The van der Waals surface area contributed by atoms with Gasteiger partial charge in [-0.1, -0.05) is 74.9 Å². The summed E-state index contributed by atoms with van der Waals surface area (Å²) in [5.41, 5.74) is 2.56. The summed E-state index contributed by atoms with van der Waals surface area (Å²) < 4.78 is 16.8. The van der Waals surface area contributed by atoms with Crippen LogP contribution in [0.5, 0.6) is 17.2 Å². The average molecular weight is 477 g/mol. The minimum absolute atomic E-state index is 0.388. The number of ether oxygens (including phenoxy) is 3. The van der Waals surface area contributed by atoms with Crippen LogP contribution in [0.1, 0.15) is 16.7 Å². The molecule has 0 amide bonds. The van der Waals surface area contributed by atoms with Gasteiger partial charge in [-0.2, -0.15) is 0 Å². The number of allylic oxidation sites excluding steroid dienone is 3. The molecule has 0 saturated heterocycles. The van der Waals surface area contributed by atoms with Crippen LogP contribution in [0.25, 0.3) is 0 Å². The first-order chi connectivity index (χ1) is 17.5. The van der Waals surface area contributed by atoms with Gasteiger partial charge < -0.3 is 14.2 Å². The van der Waals surface area contributed by atoms with Crippen molar-refractivity contribution in [2.75, 3.05) is 0 Å². The standard InChI is InChI=1S/C31H24O5/c1-5-25-27(6-2)36-28-12-10-9-11-26(28)31(25,21-13-17-23(18-14-21)34-29(32)7-3)22-15-19-24(20-16-22)35-30(33)8-4/h5-20H,1-4H2. The van der Waals surface area contributed by atoms with E-state index in [0.29, 0.717) is 23.0 Å². The summed E-state index contributed by atoms with van der Waals surface area (Å²) in [4.78, 5) is 23.4. The van der Waals surface area contributed by atoms with Crippen molar-refractivity contribution in [2.45, 2.75) is 5.41 Å². The molecule has 5 heteroatoms. The fraction of sp³-hybridized carbons (Fsp3) is 0.0323. The summed E-state index contributed by atoms with van der Waals surface area (Å²) in [6.45, 7) is 14.9. The van der Waals surface area contributed by atoms with Crippen molar-refractivity contribution in [2.24, 2.45) is 0 Å². The Bertz CT molecular complexity index is 1330. The molecule has 4 rings (SSSR count). The van der Waals surface area contributed by atoms with Crippen molar-refractivity contribution in [3.8, 4) is 17.2 Å². The van der Waals surface area contributed by atoms with E-state index in [4.69, 9.17) is 14.2 Å². The van der Waals surface area contributed by atoms with Crippen LogP contribution in [0.2, 0.25) is 0 Å². The number of hydrogen-bond donors (Lipinski definition) is 0. The highest BCUT2D eigenvalue weighted by molar-refractivity contribution is 5.84. The maximum absolute atomic E-state index is 11.7. The van der Waals surface area contributed by atoms with Crippen LogP contribution in [0, 0.1) is 0 Å². The average Bonchev–Trinajstić information content (AvgIpc) is 2.92. The van der Waals surface area contributed by atoms with E-state index in [1.807, 2.05) is 48.5 Å². The maximum atomic E-state index is 11.7. The number of hydrogen-bond acceptors (Lipinski definition) is 5. The van der Waals surface area contributed by atoms with Gasteiger partial charge in [0.1, 0.15) is 23.0 Å². The predicted octanol–water partition coefficient (Wildman–Crippen LogP) is 6.22. The number of carbonyl (C=O) groups is 2. The Morgan fingerprint density at radius 2 is 1.19 bits per heavy atom. The zero-order chi connectivity index (χ0) is 25.7. The largest absolute Gasteiger partial charge is 0.457 e. The second kappa shape index (κ2) is 10.2. The fourth-order valence-corrected chi connectivity index (χ4v) is 4.42. The molecule has 0 fully saturated rings. The van der Waals surface area contributed by atoms with Gasteiger partial charge in [0.25, 0.3) is 0 Å². The molecule has 0 radical (unpaired) electrons. The second-order valence-corrected chi connectivity index (χ2v) is 7.83. The van der Waals surface area contributed by atoms with Gasteiger partial charge in [0, 0.05) is 23.3 Å². The van der Waals surface area contributed by atoms with Gasteiger partial charge >= 0.3 is 11.9 Å². The highest BCUT2D eigenvalue weighted by Gasteiger charge is 2.45. The van der Waals surface area contributed by atoms with Crippen molar-refractivity contribution in [3.05, 3.63) is 151 Å². The van der Waals surface area contributed by atoms with Crippen molar-refractivity contribution in [1.82, 2.24) is 0 Å². The smallest absolute Gasteiger partial charge is 0.335 e. The SMILES string of the molecule is C=CC(=O)Oc1ccc(C2(c3ccc(OC(=O)C=C)cc3)C(C=C)=C(C=C)Oc3ccccc32)cc1. The first kappa shape index (κ1) is 24.2. The number of benzene rings is 3. The van der Waals surface area contributed by atoms with Gasteiger partial charge in [-0.25, -0.2) is 9.59 Å². The number of carbonyl (C=O) groups excluding carboxylic acids is 2. The molecule has 3 aromatic rings. The zero-order valence-corrected chi connectivity index (χ0v) is 19.6. The van der Waals surface area contributed by atoms with Gasteiger partial charge in [0.05, 0.1) is 5.41 Å². The first-order valence-electron chi connectivity index (χ1n) is 11.1. The normalized spacial score (nSPS) is 13.4. The van der Waals surface area contributed by atoms with Gasteiger partial charge in [-0.05, 0) is 47.5 Å². The van der Waals surface area contributed by atoms with Crippen molar-refractivity contribution < 1.29 is 23.8 Å². The third-order valence-corrected chi connectivity index (χ3v) is 5.91. The van der Waals surface area contributed by atoms with Crippen LogP contribution < -0.4 is 14.2 Å². The Balaban J connectivity index is 1.99.